The minimum atomic E-state index is -1.13. The Hall–Kier alpha value is -1.13. The molecule has 1 atom stereocenters. The van der Waals surface area contributed by atoms with E-state index in [0.717, 1.165) is 12.8 Å². The topological polar surface area (TPSA) is 49.3 Å². The first-order valence-electron chi connectivity index (χ1n) is 7.64. The predicted molar refractivity (Wildman–Crippen MR) is 87.5 cm³/mol. The minimum Gasteiger partial charge on any atom is -0.386 e. The van der Waals surface area contributed by atoms with Gasteiger partial charge in [0.1, 0.15) is 0 Å². The van der Waals surface area contributed by atoms with E-state index in [0.29, 0.717) is 6.54 Å². The fourth-order valence-electron chi connectivity index (χ4n) is 3.05. The highest BCUT2D eigenvalue weighted by molar-refractivity contribution is 7.10. The van der Waals surface area contributed by atoms with Gasteiger partial charge in [0.05, 0.1) is 12.0 Å². The maximum atomic E-state index is 12.1. The summed E-state index contributed by atoms with van der Waals surface area (Å²) in [6, 6.07) is 4.27. The number of rotatable bonds is 6. The van der Waals surface area contributed by atoms with Crippen molar-refractivity contribution in [2.45, 2.75) is 56.5 Å². The zero-order valence-electron chi connectivity index (χ0n) is 12.7. The van der Waals surface area contributed by atoms with Crippen molar-refractivity contribution in [2.24, 2.45) is 0 Å². The van der Waals surface area contributed by atoms with Gasteiger partial charge in [-0.15, -0.1) is 17.9 Å². The normalized spacial score (nSPS) is 20.5. The molecule has 1 amide bonds. The van der Waals surface area contributed by atoms with Crippen LogP contribution >= 0.6 is 11.3 Å². The molecule has 2 rings (SSSR count). The second-order valence-corrected chi connectivity index (χ2v) is 7.28. The first-order chi connectivity index (χ1) is 9.97. The van der Waals surface area contributed by atoms with Gasteiger partial charge < -0.3 is 10.4 Å². The van der Waals surface area contributed by atoms with Gasteiger partial charge in [0.25, 0.3) is 0 Å². The van der Waals surface area contributed by atoms with Crippen molar-refractivity contribution in [3.63, 3.8) is 0 Å². The Morgan fingerprint density at radius 3 is 2.81 bits per heavy atom. The number of aliphatic hydroxyl groups is 1. The molecule has 2 N–H and O–H groups in total. The van der Waals surface area contributed by atoms with E-state index in [2.05, 4.69) is 29.4 Å². The number of hydrogen-bond acceptors (Lipinski definition) is 3. The van der Waals surface area contributed by atoms with Crippen molar-refractivity contribution >= 4 is 17.2 Å². The van der Waals surface area contributed by atoms with Crippen molar-refractivity contribution in [3.05, 3.63) is 35.0 Å². The summed E-state index contributed by atoms with van der Waals surface area (Å²) in [6.45, 7) is 5.83. The van der Waals surface area contributed by atoms with Crippen molar-refractivity contribution in [3.8, 4) is 0 Å². The summed E-state index contributed by atoms with van der Waals surface area (Å²) in [5.74, 6) is -0.110. The fraction of sp³-hybridized carbons (Fsp3) is 0.588. The van der Waals surface area contributed by atoms with Crippen molar-refractivity contribution in [1.29, 1.82) is 0 Å². The van der Waals surface area contributed by atoms with E-state index in [1.165, 1.54) is 30.2 Å². The minimum absolute atomic E-state index is 0.0665. The van der Waals surface area contributed by atoms with E-state index >= 15 is 0 Å². The number of hydrogen-bond donors (Lipinski definition) is 2. The third-order valence-corrected chi connectivity index (χ3v) is 5.55. The van der Waals surface area contributed by atoms with E-state index in [1.54, 1.807) is 18.3 Å². The SMILES string of the molecule is C=C[C@@](C)(O)CC(=O)NCC1(c2cccs2)CCCCC1. The van der Waals surface area contributed by atoms with Crippen LogP contribution in [0.1, 0.15) is 50.3 Å². The molecule has 1 aromatic rings. The third-order valence-electron chi connectivity index (χ3n) is 4.44. The Bertz CT molecular complexity index is 473. The molecule has 1 saturated carbocycles. The summed E-state index contributed by atoms with van der Waals surface area (Å²) >= 11 is 1.78. The molecule has 0 saturated heterocycles. The van der Waals surface area contributed by atoms with Crippen molar-refractivity contribution in [1.82, 2.24) is 5.32 Å². The second-order valence-electron chi connectivity index (χ2n) is 6.33. The largest absolute Gasteiger partial charge is 0.386 e. The lowest BCUT2D eigenvalue weighted by molar-refractivity contribution is -0.124. The molecule has 3 nitrogen and oxygen atoms in total. The monoisotopic (exact) mass is 307 g/mol. The standard InChI is InChI=1S/C17H25NO2S/c1-3-16(2,20)12-15(19)18-13-17(9-5-4-6-10-17)14-8-7-11-21-14/h3,7-8,11,20H,1,4-6,9-10,12-13H2,2H3,(H,18,19)/t16-/m1/s1. The van der Waals surface area contributed by atoms with Crippen LogP contribution < -0.4 is 5.32 Å². The molecule has 21 heavy (non-hydrogen) atoms. The van der Waals surface area contributed by atoms with Crippen LogP contribution in [-0.4, -0.2) is 23.2 Å². The number of carbonyl (C=O) groups excluding carboxylic acids is 1. The highest BCUT2D eigenvalue weighted by atomic mass is 32.1. The Morgan fingerprint density at radius 1 is 1.52 bits per heavy atom. The van der Waals surface area contributed by atoms with Crippen molar-refractivity contribution in [2.75, 3.05) is 6.54 Å². The Kier molecular flexibility index (Phi) is 5.22. The van der Waals surface area contributed by atoms with Crippen LogP contribution in [0.25, 0.3) is 0 Å². The molecule has 1 aromatic heterocycles. The smallest absolute Gasteiger partial charge is 0.223 e. The molecule has 1 fully saturated rings. The molecule has 0 aliphatic heterocycles. The molecule has 1 aliphatic carbocycles. The Labute approximate surface area is 131 Å². The van der Waals surface area contributed by atoms with Crippen LogP contribution in [0.15, 0.2) is 30.2 Å². The first-order valence-corrected chi connectivity index (χ1v) is 8.52. The van der Waals surface area contributed by atoms with Gasteiger partial charge in [-0.2, -0.15) is 0 Å². The first kappa shape index (κ1) is 16.2. The average Bonchev–Trinajstić information content (AvgIpc) is 3.01. The molecule has 1 aliphatic rings. The molecular weight excluding hydrogens is 282 g/mol. The van der Waals surface area contributed by atoms with E-state index in [1.807, 2.05) is 0 Å². The average molecular weight is 307 g/mol. The molecule has 4 heteroatoms. The van der Waals surface area contributed by atoms with Gasteiger partial charge in [-0.05, 0) is 31.2 Å². The number of nitrogens with one attached hydrogen (secondary N) is 1. The summed E-state index contributed by atoms with van der Waals surface area (Å²) in [6.07, 6.45) is 7.47. The summed E-state index contributed by atoms with van der Waals surface area (Å²) in [4.78, 5) is 13.4. The predicted octanol–water partition coefficient (Wildman–Crippen LogP) is 3.39. The molecule has 0 radical (unpaired) electrons. The molecule has 0 unspecified atom stereocenters. The number of thiophene rings is 1. The van der Waals surface area contributed by atoms with Crippen LogP contribution in [0.5, 0.6) is 0 Å². The molecule has 0 spiro atoms. The van der Waals surface area contributed by atoms with E-state index in [9.17, 15) is 9.90 Å². The van der Waals surface area contributed by atoms with Crippen LogP contribution in [0.2, 0.25) is 0 Å². The molecule has 0 bridgehead atoms. The summed E-state index contributed by atoms with van der Waals surface area (Å²) in [5, 5.41) is 15.0. The van der Waals surface area contributed by atoms with E-state index in [4.69, 9.17) is 0 Å². The van der Waals surface area contributed by atoms with Gasteiger partial charge >= 0.3 is 0 Å². The van der Waals surface area contributed by atoms with Crippen LogP contribution in [-0.2, 0) is 10.2 Å². The molecule has 116 valence electrons. The summed E-state index contributed by atoms with van der Waals surface area (Å²) in [7, 11) is 0. The Balaban J connectivity index is 2.00. The van der Waals surface area contributed by atoms with Crippen LogP contribution in [0.3, 0.4) is 0 Å². The zero-order valence-corrected chi connectivity index (χ0v) is 13.5. The van der Waals surface area contributed by atoms with Crippen LogP contribution in [0.4, 0.5) is 0 Å². The fourth-order valence-corrected chi connectivity index (χ4v) is 4.03. The second kappa shape index (κ2) is 6.75. The van der Waals surface area contributed by atoms with E-state index < -0.39 is 5.60 Å². The van der Waals surface area contributed by atoms with Gasteiger partial charge in [0, 0.05) is 16.8 Å². The highest BCUT2D eigenvalue weighted by Crippen LogP contribution is 2.41. The van der Waals surface area contributed by atoms with Gasteiger partial charge in [0.15, 0.2) is 0 Å². The number of amides is 1. The number of carbonyl (C=O) groups is 1. The summed E-state index contributed by atoms with van der Waals surface area (Å²) in [5.41, 5.74) is -1.05. The quantitative estimate of drug-likeness (QED) is 0.791. The van der Waals surface area contributed by atoms with Gasteiger partial charge in [-0.1, -0.05) is 31.4 Å². The third kappa shape index (κ3) is 4.17. The zero-order chi connectivity index (χ0) is 15.3. The van der Waals surface area contributed by atoms with Crippen LogP contribution in [0, 0.1) is 0 Å². The maximum absolute atomic E-state index is 12.1. The highest BCUT2D eigenvalue weighted by Gasteiger charge is 2.35. The van der Waals surface area contributed by atoms with Gasteiger partial charge in [0.2, 0.25) is 5.91 Å². The lowest BCUT2D eigenvalue weighted by atomic mass is 9.73. The molecular formula is C17H25NO2S. The lowest BCUT2D eigenvalue weighted by Gasteiger charge is -2.37. The van der Waals surface area contributed by atoms with Gasteiger partial charge in [-0.25, -0.2) is 0 Å². The lowest BCUT2D eigenvalue weighted by Crippen LogP contribution is -2.43. The molecule has 1 heterocycles. The van der Waals surface area contributed by atoms with E-state index in [-0.39, 0.29) is 17.7 Å². The molecule has 0 aromatic carbocycles. The Morgan fingerprint density at radius 2 is 2.24 bits per heavy atom. The van der Waals surface area contributed by atoms with Crippen molar-refractivity contribution < 1.29 is 9.90 Å². The summed E-state index contributed by atoms with van der Waals surface area (Å²) < 4.78 is 0. The maximum Gasteiger partial charge on any atom is 0.223 e. The van der Waals surface area contributed by atoms with Gasteiger partial charge in [-0.3, -0.25) is 4.79 Å².